The van der Waals surface area contributed by atoms with Crippen molar-refractivity contribution >= 4 is 11.8 Å². The van der Waals surface area contributed by atoms with Crippen LogP contribution in [0.25, 0.3) is 0 Å². The van der Waals surface area contributed by atoms with Gasteiger partial charge in [0.05, 0.1) is 6.67 Å². The fourth-order valence-corrected chi connectivity index (χ4v) is 1.22. The van der Waals surface area contributed by atoms with Gasteiger partial charge in [-0.25, -0.2) is 0 Å². The summed E-state index contributed by atoms with van der Waals surface area (Å²) in [6.45, 7) is 2.55. The third-order valence-corrected chi connectivity index (χ3v) is 2.30. The van der Waals surface area contributed by atoms with Gasteiger partial charge < -0.3 is 5.73 Å². The van der Waals surface area contributed by atoms with E-state index in [-0.39, 0.29) is 6.67 Å². The molecule has 1 nitrogen and oxygen atoms in total. The zero-order valence-electron chi connectivity index (χ0n) is 5.77. The number of nitrogens with two attached hydrogens (primary N) is 1. The number of rotatable bonds is 5. The highest BCUT2D eigenvalue weighted by molar-refractivity contribution is 7.99. The van der Waals surface area contributed by atoms with E-state index < -0.39 is 0 Å². The molecule has 0 rings (SSSR count). The normalized spacial score (nSPS) is 13.7. The summed E-state index contributed by atoms with van der Waals surface area (Å²) in [6.07, 6.45) is 0.662. The van der Waals surface area contributed by atoms with Gasteiger partial charge in [0.25, 0.3) is 0 Å². The van der Waals surface area contributed by atoms with Gasteiger partial charge in [-0.05, 0) is 12.2 Å². The van der Waals surface area contributed by atoms with E-state index in [9.17, 15) is 4.39 Å². The molecule has 1 atom stereocenters. The summed E-state index contributed by atoms with van der Waals surface area (Å²) >= 11 is 1.74. The molecule has 0 amide bonds. The first-order valence-electron chi connectivity index (χ1n) is 3.19. The Morgan fingerprint density at radius 1 is 1.67 bits per heavy atom. The minimum Gasteiger partial charge on any atom is -0.329 e. The van der Waals surface area contributed by atoms with Crippen LogP contribution in [0.4, 0.5) is 4.39 Å². The van der Waals surface area contributed by atoms with Crippen LogP contribution in [0.1, 0.15) is 13.3 Å². The number of alkyl halides is 1. The van der Waals surface area contributed by atoms with E-state index in [4.69, 9.17) is 5.73 Å². The first-order valence-corrected chi connectivity index (χ1v) is 4.23. The zero-order valence-corrected chi connectivity index (χ0v) is 6.59. The fourth-order valence-electron chi connectivity index (χ4n) is 0.407. The van der Waals surface area contributed by atoms with E-state index >= 15 is 0 Å². The first-order chi connectivity index (χ1) is 4.31. The van der Waals surface area contributed by atoms with E-state index in [2.05, 4.69) is 6.92 Å². The Bertz CT molecular complexity index is 61.0. The average Bonchev–Trinajstić information content (AvgIpc) is 1.89. The van der Waals surface area contributed by atoms with Crippen LogP contribution in [0.15, 0.2) is 0 Å². The molecule has 9 heavy (non-hydrogen) atoms. The smallest absolute Gasteiger partial charge is 0.0902 e. The Morgan fingerprint density at radius 2 is 2.33 bits per heavy atom. The molecule has 3 heteroatoms. The fraction of sp³-hybridized carbons (Fsp3) is 1.00. The van der Waals surface area contributed by atoms with E-state index in [1.165, 1.54) is 0 Å². The van der Waals surface area contributed by atoms with Crippen LogP contribution in [0.3, 0.4) is 0 Å². The van der Waals surface area contributed by atoms with Crippen LogP contribution in [0.2, 0.25) is 0 Å². The number of hydrogen-bond acceptors (Lipinski definition) is 2. The SMILES string of the molecule is CC(CN)SCCCF. The summed E-state index contributed by atoms with van der Waals surface area (Å²) in [5.41, 5.74) is 5.34. The van der Waals surface area contributed by atoms with Crippen LogP contribution in [0.5, 0.6) is 0 Å². The van der Waals surface area contributed by atoms with Gasteiger partial charge in [-0.3, -0.25) is 4.39 Å². The quantitative estimate of drug-likeness (QED) is 0.601. The lowest BCUT2D eigenvalue weighted by molar-refractivity contribution is 0.489. The Labute approximate surface area is 60.2 Å². The Hall–Kier alpha value is 0.240. The van der Waals surface area contributed by atoms with Gasteiger partial charge in [-0.2, -0.15) is 11.8 Å². The van der Waals surface area contributed by atoms with Gasteiger partial charge in [0.2, 0.25) is 0 Å². The van der Waals surface area contributed by atoms with E-state index in [0.717, 1.165) is 5.75 Å². The first kappa shape index (κ1) is 9.24. The summed E-state index contributed by atoms with van der Waals surface area (Å²) in [7, 11) is 0. The Morgan fingerprint density at radius 3 is 2.78 bits per heavy atom. The molecular weight excluding hydrogens is 137 g/mol. The van der Waals surface area contributed by atoms with Crippen molar-refractivity contribution in [3.63, 3.8) is 0 Å². The third-order valence-electron chi connectivity index (χ3n) is 1.01. The Balaban J connectivity index is 2.88. The van der Waals surface area contributed by atoms with Crippen LogP contribution < -0.4 is 5.73 Å². The minimum absolute atomic E-state index is 0.204. The molecule has 0 saturated heterocycles. The summed E-state index contributed by atoms with van der Waals surface area (Å²) in [6, 6.07) is 0. The van der Waals surface area contributed by atoms with Crippen LogP contribution in [-0.2, 0) is 0 Å². The molecule has 0 radical (unpaired) electrons. The molecule has 56 valence electrons. The van der Waals surface area contributed by atoms with Crippen molar-refractivity contribution in [2.45, 2.75) is 18.6 Å². The molecule has 0 fully saturated rings. The van der Waals surface area contributed by atoms with Crippen LogP contribution in [-0.4, -0.2) is 24.2 Å². The molecule has 0 aliphatic heterocycles. The number of thioether (sulfide) groups is 1. The minimum atomic E-state index is -0.204. The van der Waals surface area contributed by atoms with Crippen molar-refractivity contribution in [2.24, 2.45) is 5.73 Å². The van der Waals surface area contributed by atoms with Gasteiger partial charge in [0, 0.05) is 11.8 Å². The lowest BCUT2D eigenvalue weighted by atomic mass is 10.5. The topological polar surface area (TPSA) is 26.0 Å². The maximum Gasteiger partial charge on any atom is 0.0902 e. The molecule has 0 bridgehead atoms. The van der Waals surface area contributed by atoms with Crippen molar-refractivity contribution in [1.29, 1.82) is 0 Å². The van der Waals surface area contributed by atoms with Gasteiger partial charge in [0.15, 0.2) is 0 Å². The molecule has 0 aromatic rings. The monoisotopic (exact) mass is 151 g/mol. The molecule has 0 heterocycles. The van der Waals surface area contributed by atoms with Crippen LogP contribution in [0, 0.1) is 0 Å². The number of hydrogen-bond donors (Lipinski definition) is 1. The van der Waals surface area contributed by atoms with E-state index in [0.29, 0.717) is 18.2 Å². The summed E-state index contributed by atoms with van der Waals surface area (Å²) in [5.74, 6) is 0.898. The van der Waals surface area contributed by atoms with Crippen LogP contribution >= 0.6 is 11.8 Å². The molecule has 0 aromatic heterocycles. The lowest BCUT2D eigenvalue weighted by Crippen LogP contribution is -2.12. The van der Waals surface area contributed by atoms with Gasteiger partial charge in [-0.15, -0.1) is 0 Å². The highest BCUT2D eigenvalue weighted by atomic mass is 32.2. The molecule has 1 unspecified atom stereocenters. The standard InChI is InChI=1S/C6H14FNS/c1-6(5-8)9-4-2-3-7/h6H,2-5,8H2,1H3. The highest BCUT2D eigenvalue weighted by Gasteiger charge is 1.96. The summed E-state index contributed by atoms with van der Waals surface area (Å²) in [4.78, 5) is 0. The van der Waals surface area contributed by atoms with Gasteiger partial charge in [0.1, 0.15) is 0 Å². The van der Waals surface area contributed by atoms with Crippen molar-refractivity contribution < 1.29 is 4.39 Å². The second-order valence-electron chi connectivity index (χ2n) is 1.96. The molecule has 0 aromatic carbocycles. The predicted octanol–water partition coefficient (Wildman–Crippen LogP) is 1.43. The summed E-state index contributed by atoms with van der Waals surface area (Å²) < 4.78 is 11.5. The molecule has 0 saturated carbocycles. The zero-order chi connectivity index (χ0) is 7.11. The molecule has 0 spiro atoms. The van der Waals surface area contributed by atoms with Gasteiger partial charge in [-0.1, -0.05) is 6.92 Å². The number of halogens is 1. The lowest BCUT2D eigenvalue weighted by Gasteiger charge is -2.05. The van der Waals surface area contributed by atoms with E-state index in [1.807, 2.05) is 0 Å². The van der Waals surface area contributed by atoms with Crippen molar-refractivity contribution in [3.8, 4) is 0 Å². The largest absolute Gasteiger partial charge is 0.329 e. The second-order valence-corrected chi connectivity index (χ2v) is 3.51. The predicted molar refractivity (Wildman–Crippen MR) is 41.6 cm³/mol. The molecule has 0 aliphatic carbocycles. The molecule has 2 N–H and O–H groups in total. The van der Waals surface area contributed by atoms with Crippen molar-refractivity contribution in [1.82, 2.24) is 0 Å². The maximum absolute atomic E-state index is 11.5. The summed E-state index contributed by atoms with van der Waals surface area (Å²) in [5, 5.41) is 0.483. The molecule has 0 aliphatic rings. The third kappa shape index (κ3) is 6.12. The second kappa shape index (κ2) is 6.36. The maximum atomic E-state index is 11.5. The Kier molecular flexibility index (Phi) is 6.53. The van der Waals surface area contributed by atoms with Crippen molar-refractivity contribution in [3.05, 3.63) is 0 Å². The van der Waals surface area contributed by atoms with Gasteiger partial charge >= 0.3 is 0 Å². The highest BCUT2D eigenvalue weighted by Crippen LogP contribution is 2.09. The average molecular weight is 151 g/mol. The van der Waals surface area contributed by atoms with Crippen molar-refractivity contribution in [2.75, 3.05) is 19.0 Å². The molecular formula is C6H14FNS. The van der Waals surface area contributed by atoms with E-state index in [1.54, 1.807) is 11.8 Å².